The zero-order chi connectivity index (χ0) is 16.4. The van der Waals surface area contributed by atoms with Crippen molar-refractivity contribution in [3.05, 3.63) is 34.9 Å². The molecule has 0 spiro atoms. The van der Waals surface area contributed by atoms with Crippen LogP contribution in [0, 0.1) is 6.92 Å². The molecule has 1 heterocycles. The van der Waals surface area contributed by atoms with E-state index in [-0.39, 0.29) is 11.9 Å². The Bertz CT molecular complexity index is 627. The van der Waals surface area contributed by atoms with E-state index in [4.69, 9.17) is 0 Å². The number of hydrogen-bond donors (Lipinski definition) is 2. The summed E-state index contributed by atoms with van der Waals surface area (Å²) in [7, 11) is 1.80. The third kappa shape index (κ3) is 2.87. The molecule has 2 atom stereocenters. The van der Waals surface area contributed by atoms with Gasteiger partial charge in [-0.3, -0.25) is 19.3 Å². The second-order valence-corrected chi connectivity index (χ2v) is 5.64. The highest BCUT2D eigenvalue weighted by Crippen LogP contribution is 2.25. The van der Waals surface area contributed by atoms with E-state index >= 15 is 0 Å². The number of nitrogens with one attached hydrogen (secondary N) is 2. The summed E-state index contributed by atoms with van der Waals surface area (Å²) in [6.45, 7) is 5.78. The molecule has 6 nitrogen and oxygen atoms in total. The highest BCUT2D eigenvalue weighted by Gasteiger charge is 2.40. The summed E-state index contributed by atoms with van der Waals surface area (Å²) in [4.78, 5) is 38.0. The van der Waals surface area contributed by atoms with Crippen molar-refractivity contribution in [3.8, 4) is 0 Å². The molecule has 118 valence electrons. The van der Waals surface area contributed by atoms with Gasteiger partial charge in [-0.05, 0) is 40.0 Å². The van der Waals surface area contributed by atoms with Crippen LogP contribution in [0.4, 0.5) is 0 Å². The van der Waals surface area contributed by atoms with Gasteiger partial charge in [0.15, 0.2) is 0 Å². The summed E-state index contributed by atoms with van der Waals surface area (Å²) in [5, 5.41) is 5.75. The Morgan fingerprint density at radius 2 is 1.82 bits per heavy atom. The molecule has 1 aliphatic rings. The zero-order valence-electron chi connectivity index (χ0n) is 13.3. The van der Waals surface area contributed by atoms with E-state index in [0.717, 1.165) is 10.5 Å². The Labute approximate surface area is 129 Å². The number of carbonyl (C=O) groups excluding carboxylic acids is 3. The molecule has 0 aromatic heterocycles. The molecule has 2 N–H and O–H groups in total. The lowest BCUT2D eigenvalue weighted by atomic mass is 10.1. The Morgan fingerprint density at radius 1 is 1.18 bits per heavy atom. The Balaban J connectivity index is 2.15. The highest BCUT2D eigenvalue weighted by atomic mass is 16.2. The van der Waals surface area contributed by atoms with Crippen molar-refractivity contribution < 1.29 is 14.4 Å². The molecule has 0 radical (unpaired) electrons. The van der Waals surface area contributed by atoms with Crippen LogP contribution in [0.3, 0.4) is 0 Å². The quantitative estimate of drug-likeness (QED) is 0.785. The fourth-order valence-electron chi connectivity index (χ4n) is 2.35. The molecule has 0 fully saturated rings. The zero-order valence-corrected chi connectivity index (χ0v) is 13.3. The molecule has 6 heteroatoms. The lowest BCUT2D eigenvalue weighted by Crippen LogP contribution is -2.49. The third-order valence-corrected chi connectivity index (χ3v) is 3.92. The molecule has 0 bridgehead atoms. The van der Waals surface area contributed by atoms with Crippen molar-refractivity contribution in [2.45, 2.75) is 32.9 Å². The van der Waals surface area contributed by atoms with Gasteiger partial charge in [0.1, 0.15) is 6.04 Å². The fraction of sp³-hybridized carbons (Fsp3) is 0.438. The Hall–Kier alpha value is -2.21. The van der Waals surface area contributed by atoms with Gasteiger partial charge >= 0.3 is 0 Å². The maximum atomic E-state index is 12.4. The summed E-state index contributed by atoms with van der Waals surface area (Å²) in [6, 6.07) is 4.38. The Kier molecular flexibility index (Phi) is 4.61. The molecule has 22 heavy (non-hydrogen) atoms. The van der Waals surface area contributed by atoms with Gasteiger partial charge in [-0.15, -0.1) is 0 Å². The van der Waals surface area contributed by atoms with E-state index < -0.39 is 17.9 Å². The fourth-order valence-corrected chi connectivity index (χ4v) is 2.35. The maximum Gasteiger partial charge on any atom is 0.262 e. The first-order valence-corrected chi connectivity index (χ1v) is 7.30. The molecule has 2 rings (SSSR count). The minimum Gasteiger partial charge on any atom is -0.353 e. The monoisotopic (exact) mass is 303 g/mol. The van der Waals surface area contributed by atoms with Gasteiger partial charge in [-0.1, -0.05) is 11.6 Å². The minimum absolute atomic E-state index is 0.112. The van der Waals surface area contributed by atoms with Gasteiger partial charge < -0.3 is 10.6 Å². The number of aryl methyl sites for hydroxylation is 1. The van der Waals surface area contributed by atoms with Crippen molar-refractivity contribution in [1.82, 2.24) is 15.5 Å². The molecule has 0 saturated heterocycles. The molecular formula is C16H21N3O3. The summed E-state index contributed by atoms with van der Waals surface area (Å²) >= 11 is 0. The van der Waals surface area contributed by atoms with Crippen molar-refractivity contribution in [2.24, 2.45) is 0 Å². The van der Waals surface area contributed by atoms with Gasteiger partial charge in [0.05, 0.1) is 11.1 Å². The third-order valence-electron chi connectivity index (χ3n) is 3.92. The number of rotatable bonds is 5. The van der Waals surface area contributed by atoms with Crippen molar-refractivity contribution in [3.63, 3.8) is 0 Å². The predicted molar refractivity (Wildman–Crippen MR) is 82.7 cm³/mol. The van der Waals surface area contributed by atoms with E-state index in [2.05, 4.69) is 10.6 Å². The molecule has 1 aromatic carbocycles. The van der Waals surface area contributed by atoms with E-state index in [1.165, 1.54) is 0 Å². The smallest absolute Gasteiger partial charge is 0.262 e. The number of fused-ring (bicyclic) bond motifs is 1. The number of amides is 3. The first kappa shape index (κ1) is 16.2. The number of likely N-dealkylation sites (N-methyl/N-ethyl adjacent to an activating group) is 1. The van der Waals surface area contributed by atoms with Crippen LogP contribution >= 0.6 is 0 Å². The largest absolute Gasteiger partial charge is 0.353 e. The summed E-state index contributed by atoms with van der Waals surface area (Å²) in [5.41, 5.74) is 1.63. The number of nitrogens with zero attached hydrogens (tertiary/aromatic N) is 1. The topological polar surface area (TPSA) is 78.5 Å². The van der Waals surface area contributed by atoms with E-state index in [0.29, 0.717) is 17.7 Å². The van der Waals surface area contributed by atoms with Crippen LogP contribution in [-0.4, -0.2) is 48.3 Å². The number of benzene rings is 1. The van der Waals surface area contributed by atoms with Crippen molar-refractivity contribution >= 4 is 17.7 Å². The lowest BCUT2D eigenvalue weighted by molar-refractivity contribution is -0.124. The van der Waals surface area contributed by atoms with E-state index in [9.17, 15) is 14.4 Å². The first-order valence-electron chi connectivity index (χ1n) is 7.30. The number of hydrogen-bond acceptors (Lipinski definition) is 4. The normalized spacial score (nSPS) is 16.5. The molecule has 0 aliphatic carbocycles. The molecule has 2 unspecified atom stereocenters. The SMILES string of the molecule is CNC(C)CNC(=O)C(C)N1C(=O)c2ccc(C)cc2C1=O. The van der Waals surface area contributed by atoms with Gasteiger partial charge in [0.25, 0.3) is 11.8 Å². The second kappa shape index (κ2) is 6.27. The van der Waals surface area contributed by atoms with Gasteiger partial charge in [0.2, 0.25) is 5.91 Å². The second-order valence-electron chi connectivity index (χ2n) is 5.64. The van der Waals surface area contributed by atoms with Gasteiger partial charge in [0, 0.05) is 12.6 Å². The van der Waals surface area contributed by atoms with E-state index in [1.807, 2.05) is 13.8 Å². The summed E-state index contributed by atoms with van der Waals surface area (Å²) in [6.07, 6.45) is 0. The number of carbonyl (C=O) groups is 3. The average molecular weight is 303 g/mol. The standard InChI is InChI=1S/C16H21N3O3/c1-9-5-6-12-13(7-9)16(22)19(15(12)21)11(3)14(20)18-8-10(2)17-4/h5-7,10-11,17H,8H2,1-4H3,(H,18,20). The maximum absolute atomic E-state index is 12.4. The van der Waals surface area contributed by atoms with Crippen LogP contribution in [0.1, 0.15) is 40.1 Å². The first-order chi connectivity index (χ1) is 10.4. The Morgan fingerprint density at radius 3 is 2.45 bits per heavy atom. The molecule has 1 aromatic rings. The van der Waals surface area contributed by atoms with Crippen molar-refractivity contribution in [2.75, 3.05) is 13.6 Å². The van der Waals surface area contributed by atoms with Crippen LogP contribution in [0.5, 0.6) is 0 Å². The minimum atomic E-state index is -0.836. The number of imide groups is 1. The average Bonchev–Trinajstić information content (AvgIpc) is 2.74. The van der Waals surface area contributed by atoms with Crippen molar-refractivity contribution in [1.29, 1.82) is 0 Å². The van der Waals surface area contributed by atoms with Gasteiger partial charge in [-0.25, -0.2) is 0 Å². The summed E-state index contributed by atoms with van der Waals surface area (Å²) in [5.74, 6) is -1.16. The van der Waals surface area contributed by atoms with Crippen LogP contribution < -0.4 is 10.6 Å². The van der Waals surface area contributed by atoms with Crippen LogP contribution in [-0.2, 0) is 4.79 Å². The van der Waals surface area contributed by atoms with Crippen LogP contribution in [0.15, 0.2) is 18.2 Å². The lowest BCUT2D eigenvalue weighted by Gasteiger charge is -2.22. The highest BCUT2D eigenvalue weighted by molar-refractivity contribution is 6.22. The molecule has 0 saturated carbocycles. The molecule has 3 amide bonds. The van der Waals surface area contributed by atoms with Gasteiger partial charge in [-0.2, -0.15) is 0 Å². The predicted octanol–water partition coefficient (Wildman–Crippen LogP) is 0.704. The van der Waals surface area contributed by atoms with Crippen LogP contribution in [0.25, 0.3) is 0 Å². The summed E-state index contributed by atoms with van der Waals surface area (Å²) < 4.78 is 0. The van der Waals surface area contributed by atoms with E-state index in [1.54, 1.807) is 32.2 Å². The molecule has 1 aliphatic heterocycles. The molecular weight excluding hydrogens is 282 g/mol. The van der Waals surface area contributed by atoms with Crippen LogP contribution in [0.2, 0.25) is 0 Å².